The summed E-state index contributed by atoms with van der Waals surface area (Å²) in [6.45, 7) is 2.18. The van der Waals surface area contributed by atoms with Crippen molar-refractivity contribution < 1.29 is 9.90 Å². The van der Waals surface area contributed by atoms with Gasteiger partial charge in [-0.2, -0.15) is 0 Å². The maximum atomic E-state index is 11.6. The predicted molar refractivity (Wildman–Crippen MR) is 70.1 cm³/mol. The minimum atomic E-state index is 0.0483. The van der Waals surface area contributed by atoms with Gasteiger partial charge in [0.2, 0.25) is 5.91 Å². The maximum Gasteiger partial charge on any atom is 0.224 e. The van der Waals surface area contributed by atoms with Gasteiger partial charge in [0.05, 0.1) is 0 Å². The van der Waals surface area contributed by atoms with Crippen LogP contribution in [0.4, 0.5) is 5.69 Å². The first-order valence-electron chi connectivity index (χ1n) is 6.31. The van der Waals surface area contributed by atoms with E-state index in [9.17, 15) is 4.79 Å². The highest BCUT2D eigenvalue weighted by Gasteiger charge is 2.01. The number of carbonyl (C=O) groups excluding carboxylic acids is 1. The van der Waals surface area contributed by atoms with E-state index >= 15 is 0 Å². The summed E-state index contributed by atoms with van der Waals surface area (Å²) in [6, 6.07) is 6.53. The zero-order valence-corrected chi connectivity index (χ0v) is 10.4. The average Bonchev–Trinajstić information content (AvgIpc) is 2.32. The van der Waals surface area contributed by atoms with E-state index in [2.05, 4.69) is 12.2 Å². The van der Waals surface area contributed by atoms with Gasteiger partial charge < -0.3 is 10.4 Å². The predicted octanol–water partition coefficient (Wildman–Crippen LogP) is 3.69. The molecule has 0 saturated heterocycles. The molecule has 17 heavy (non-hydrogen) atoms. The van der Waals surface area contributed by atoms with Crippen LogP contribution in [0.5, 0.6) is 5.75 Å². The van der Waals surface area contributed by atoms with Crippen LogP contribution in [0.25, 0.3) is 0 Å². The molecule has 0 aliphatic carbocycles. The lowest BCUT2D eigenvalue weighted by Crippen LogP contribution is -2.10. The van der Waals surface area contributed by atoms with E-state index in [1.165, 1.54) is 19.3 Å². The van der Waals surface area contributed by atoms with E-state index in [4.69, 9.17) is 5.11 Å². The van der Waals surface area contributed by atoms with Gasteiger partial charge in [0.15, 0.2) is 0 Å². The fourth-order valence-corrected chi connectivity index (χ4v) is 1.66. The van der Waals surface area contributed by atoms with Crippen LogP contribution < -0.4 is 5.32 Å². The summed E-state index contributed by atoms with van der Waals surface area (Å²) in [5, 5.41) is 11.9. The molecule has 1 aromatic rings. The molecular weight excluding hydrogens is 214 g/mol. The second-order valence-electron chi connectivity index (χ2n) is 4.26. The number of hydrogen-bond donors (Lipinski definition) is 2. The van der Waals surface area contributed by atoms with Crippen molar-refractivity contribution in [3.8, 4) is 5.75 Å². The number of rotatable bonds is 7. The normalized spacial score (nSPS) is 10.2. The summed E-state index contributed by atoms with van der Waals surface area (Å²) in [4.78, 5) is 11.6. The van der Waals surface area contributed by atoms with Crippen molar-refractivity contribution in [2.45, 2.75) is 45.4 Å². The van der Waals surface area contributed by atoms with Crippen molar-refractivity contribution in [1.82, 2.24) is 0 Å². The van der Waals surface area contributed by atoms with Gasteiger partial charge in [-0.3, -0.25) is 4.79 Å². The summed E-state index contributed by atoms with van der Waals surface area (Å²) in [7, 11) is 0. The van der Waals surface area contributed by atoms with Crippen LogP contribution in [0.1, 0.15) is 45.4 Å². The summed E-state index contributed by atoms with van der Waals surface area (Å²) < 4.78 is 0. The molecule has 0 fully saturated rings. The Bertz CT molecular complexity index is 333. The van der Waals surface area contributed by atoms with Crippen LogP contribution in [0.3, 0.4) is 0 Å². The molecule has 0 aromatic heterocycles. The minimum Gasteiger partial charge on any atom is -0.508 e. The fourth-order valence-electron chi connectivity index (χ4n) is 1.66. The Morgan fingerprint density at radius 1 is 1.12 bits per heavy atom. The van der Waals surface area contributed by atoms with Crippen molar-refractivity contribution in [2.75, 3.05) is 5.32 Å². The van der Waals surface area contributed by atoms with Gasteiger partial charge in [-0.05, 0) is 30.7 Å². The third-order valence-electron chi connectivity index (χ3n) is 2.66. The van der Waals surface area contributed by atoms with E-state index in [1.54, 1.807) is 24.3 Å². The molecule has 1 rings (SSSR count). The van der Waals surface area contributed by atoms with Crippen LogP contribution in [-0.2, 0) is 4.79 Å². The van der Waals surface area contributed by atoms with Crippen molar-refractivity contribution in [2.24, 2.45) is 0 Å². The standard InChI is InChI=1S/C14H21NO2/c1-2-3-4-5-6-7-14(17)15-12-8-10-13(16)11-9-12/h8-11,16H,2-7H2,1H3,(H,15,17). The third-order valence-corrected chi connectivity index (χ3v) is 2.66. The van der Waals surface area contributed by atoms with Gasteiger partial charge in [-0.1, -0.05) is 32.6 Å². The fraction of sp³-hybridized carbons (Fsp3) is 0.500. The summed E-state index contributed by atoms with van der Waals surface area (Å²) >= 11 is 0. The Labute approximate surface area is 103 Å². The first kappa shape index (κ1) is 13.6. The summed E-state index contributed by atoms with van der Waals surface area (Å²) in [5.41, 5.74) is 0.737. The number of aromatic hydroxyl groups is 1. The van der Waals surface area contributed by atoms with Crippen LogP contribution in [0.15, 0.2) is 24.3 Å². The molecule has 0 radical (unpaired) electrons. The van der Waals surface area contributed by atoms with Crippen LogP contribution in [-0.4, -0.2) is 11.0 Å². The Morgan fingerprint density at radius 2 is 1.76 bits per heavy atom. The van der Waals surface area contributed by atoms with Crippen molar-refractivity contribution in [3.63, 3.8) is 0 Å². The average molecular weight is 235 g/mol. The lowest BCUT2D eigenvalue weighted by molar-refractivity contribution is -0.116. The Balaban J connectivity index is 2.18. The molecule has 0 spiro atoms. The zero-order valence-electron chi connectivity index (χ0n) is 10.4. The Morgan fingerprint density at radius 3 is 2.41 bits per heavy atom. The monoisotopic (exact) mass is 235 g/mol. The topological polar surface area (TPSA) is 49.3 Å². The van der Waals surface area contributed by atoms with Crippen LogP contribution in [0.2, 0.25) is 0 Å². The van der Waals surface area contributed by atoms with Crippen molar-refractivity contribution in [3.05, 3.63) is 24.3 Å². The number of phenolic OH excluding ortho intramolecular Hbond substituents is 1. The molecule has 2 N–H and O–H groups in total. The number of hydrogen-bond acceptors (Lipinski definition) is 2. The largest absolute Gasteiger partial charge is 0.508 e. The molecule has 3 nitrogen and oxygen atoms in total. The van der Waals surface area contributed by atoms with Gasteiger partial charge in [0.25, 0.3) is 0 Å². The molecule has 1 amide bonds. The highest BCUT2D eigenvalue weighted by Crippen LogP contribution is 2.14. The molecule has 1 aromatic carbocycles. The van der Waals surface area contributed by atoms with E-state index in [-0.39, 0.29) is 11.7 Å². The van der Waals surface area contributed by atoms with Gasteiger partial charge in [-0.25, -0.2) is 0 Å². The molecule has 0 heterocycles. The first-order valence-corrected chi connectivity index (χ1v) is 6.31. The Hall–Kier alpha value is -1.51. The number of benzene rings is 1. The number of anilines is 1. The quantitative estimate of drug-likeness (QED) is 0.559. The molecule has 0 aliphatic rings. The number of carbonyl (C=O) groups is 1. The molecular formula is C14H21NO2. The second-order valence-corrected chi connectivity index (χ2v) is 4.26. The molecule has 0 unspecified atom stereocenters. The smallest absolute Gasteiger partial charge is 0.224 e. The SMILES string of the molecule is CCCCCCCC(=O)Nc1ccc(O)cc1. The molecule has 0 aliphatic heterocycles. The second kappa shape index (κ2) is 7.71. The van der Waals surface area contributed by atoms with Gasteiger partial charge >= 0.3 is 0 Å². The number of unbranched alkanes of at least 4 members (excludes halogenated alkanes) is 4. The Kier molecular flexibility index (Phi) is 6.15. The molecule has 3 heteroatoms. The third kappa shape index (κ3) is 5.95. The maximum absolute atomic E-state index is 11.6. The molecule has 94 valence electrons. The van der Waals surface area contributed by atoms with Crippen molar-refractivity contribution >= 4 is 11.6 Å². The highest BCUT2D eigenvalue weighted by molar-refractivity contribution is 5.90. The van der Waals surface area contributed by atoms with Crippen molar-refractivity contribution in [1.29, 1.82) is 0 Å². The molecule has 0 atom stereocenters. The number of amides is 1. The van der Waals surface area contributed by atoms with Crippen LogP contribution >= 0.6 is 0 Å². The summed E-state index contributed by atoms with van der Waals surface area (Å²) in [6.07, 6.45) is 6.33. The van der Waals surface area contributed by atoms with Gasteiger partial charge in [0, 0.05) is 12.1 Å². The number of nitrogens with one attached hydrogen (secondary N) is 1. The molecule has 0 bridgehead atoms. The summed E-state index contributed by atoms with van der Waals surface area (Å²) in [5.74, 6) is 0.259. The molecule has 0 saturated carbocycles. The first-order chi connectivity index (χ1) is 8.22. The van der Waals surface area contributed by atoms with Gasteiger partial charge in [-0.15, -0.1) is 0 Å². The number of phenols is 1. The van der Waals surface area contributed by atoms with E-state index in [1.807, 2.05) is 0 Å². The lowest BCUT2D eigenvalue weighted by Gasteiger charge is -2.05. The van der Waals surface area contributed by atoms with E-state index < -0.39 is 0 Å². The van der Waals surface area contributed by atoms with Gasteiger partial charge in [0.1, 0.15) is 5.75 Å². The zero-order chi connectivity index (χ0) is 12.5. The van der Waals surface area contributed by atoms with Crippen LogP contribution in [0, 0.1) is 0 Å². The van der Waals surface area contributed by atoms with E-state index in [0.29, 0.717) is 6.42 Å². The minimum absolute atomic E-state index is 0.0483. The lowest BCUT2D eigenvalue weighted by atomic mass is 10.1. The highest BCUT2D eigenvalue weighted by atomic mass is 16.3. The van der Waals surface area contributed by atoms with E-state index in [0.717, 1.165) is 18.5 Å².